The Bertz CT molecular complexity index is 1200. The van der Waals surface area contributed by atoms with E-state index in [1.807, 2.05) is 0 Å². The zero-order valence-corrected chi connectivity index (χ0v) is 23.6. The molecule has 4 aliphatic rings. The van der Waals surface area contributed by atoms with Crippen LogP contribution < -0.4 is 15.4 Å². The summed E-state index contributed by atoms with van der Waals surface area (Å²) in [6, 6.07) is 1.24. The highest BCUT2D eigenvalue weighted by Crippen LogP contribution is 2.66. The third kappa shape index (κ3) is 4.72. The molecule has 0 radical (unpaired) electrons. The molecular formula is C28H41N3O5S. The average Bonchev–Trinajstić information content (AvgIpc) is 3.49. The summed E-state index contributed by atoms with van der Waals surface area (Å²) in [4.78, 5) is 25.7. The Kier molecular flexibility index (Phi) is 6.32. The SMILES string of the molecule is CC(C)(C)OC(=O)NC1CC2CC[C@]1(CS(=O)(=O)NC(=O)Nc1c3c(cc4c1CCC4)CCC3)C2(C)C. The molecule has 1 aromatic rings. The molecule has 3 amide bonds. The van der Waals surface area contributed by atoms with Gasteiger partial charge in [0.1, 0.15) is 5.60 Å². The van der Waals surface area contributed by atoms with Crippen molar-refractivity contribution in [1.82, 2.24) is 10.0 Å². The van der Waals surface area contributed by atoms with E-state index in [1.165, 1.54) is 11.1 Å². The summed E-state index contributed by atoms with van der Waals surface area (Å²) in [5.74, 6) is 0.0773. The molecule has 3 N–H and O–H groups in total. The lowest BCUT2D eigenvalue weighted by atomic mass is 9.69. The predicted molar refractivity (Wildman–Crippen MR) is 143 cm³/mol. The zero-order chi connectivity index (χ0) is 26.8. The number of urea groups is 1. The highest BCUT2D eigenvalue weighted by molar-refractivity contribution is 7.90. The lowest BCUT2D eigenvalue weighted by molar-refractivity contribution is 0.0420. The third-order valence-electron chi connectivity index (χ3n) is 9.53. The summed E-state index contributed by atoms with van der Waals surface area (Å²) in [6.45, 7) is 9.59. The number of nitrogens with one attached hydrogen (secondary N) is 3. The molecule has 0 aromatic heterocycles. The Morgan fingerprint density at radius 2 is 1.68 bits per heavy atom. The molecule has 204 valence electrons. The van der Waals surface area contributed by atoms with Crippen molar-refractivity contribution in [1.29, 1.82) is 0 Å². The average molecular weight is 532 g/mol. The number of anilines is 1. The maximum absolute atomic E-state index is 13.5. The van der Waals surface area contributed by atoms with Crippen LogP contribution in [0.1, 0.15) is 89.0 Å². The molecule has 2 unspecified atom stereocenters. The van der Waals surface area contributed by atoms with Crippen LogP contribution in [0.5, 0.6) is 0 Å². The Hall–Kier alpha value is -2.29. The van der Waals surface area contributed by atoms with Crippen molar-refractivity contribution >= 4 is 27.8 Å². The first-order valence-electron chi connectivity index (χ1n) is 13.7. The van der Waals surface area contributed by atoms with Crippen molar-refractivity contribution in [3.63, 3.8) is 0 Å². The van der Waals surface area contributed by atoms with Crippen LogP contribution in [-0.2, 0) is 40.4 Å². The van der Waals surface area contributed by atoms with Gasteiger partial charge in [0.05, 0.1) is 5.75 Å². The number of amides is 3. The van der Waals surface area contributed by atoms with Crippen LogP contribution >= 0.6 is 0 Å². The van der Waals surface area contributed by atoms with Crippen molar-refractivity contribution < 1.29 is 22.7 Å². The number of carbonyl (C=O) groups is 2. The monoisotopic (exact) mass is 531 g/mol. The van der Waals surface area contributed by atoms with Gasteiger partial charge >= 0.3 is 12.1 Å². The second-order valence-corrected chi connectivity index (χ2v) is 14.8. The minimum absolute atomic E-state index is 0.220. The molecule has 3 atom stereocenters. The van der Waals surface area contributed by atoms with Gasteiger partial charge in [0.2, 0.25) is 10.0 Å². The van der Waals surface area contributed by atoms with Gasteiger partial charge in [-0.05, 0) is 112 Å². The molecule has 8 nitrogen and oxygen atoms in total. The molecule has 2 fully saturated rings. The van der Waals surface area contributed by atoms with Crippen LogP contribution in [0.4, 0.5) is 15.3 Å². The molecule has 1 aromatic carbocycles. The first-order valence-corrected chi connectivity index (χ1v) is 15.3. The van der Waals surface area contributed by atoms with Crippen LogP contribution in [0.2, 0.25) is 0 Å². The van der Waals surface area contributed by atoms with Crippen molar-refractivity contribution in [3.8, 4) is 0 Å². The van der Waals surface area contributed by atoms with Gasteiger partial charge in [-0.15, -0.1) is 0 Å². The Labute approximate surface area is 220 Å². The van der Waals surface area contributed by atoms with Crippen LogP contribution in [-0.4, -0.2) is 37.9 Å². The van der Waals surface area contributed by atoms with Crippen molar-refractivity contribution in [3.05, 3.63) is 28.3 Å². The van der Waals surface area contributed by atoms with Gasteiger partial charge in [-0.1, -0.05) is 19.9 Å². The van der Waals surface area contributed by atoms with Crippen molar-refractivity contribution in [2.75, 3.05) is 11.1 Å². The number of fused-ring (bicyclic) bond motifs is 4. The number of benzene rings is 1. The molecule has 0 heterocycles. The quantitative estimate of drug-likeness (QED) is 0.503. The highest BCUT2D eigenvalue weighted by atomic mass is 32.2. The second-order valence-electron chi connectivity index (χ2n) is 13.1. The molecule has 0 spiro atoms. The van der Waals surface area contributed by atoms with E-state index in [4.69, 9.17) is 4.74 Å². The Morgan fingerprint density at radius 1 is 1.05 bits per heavy atom. The van der Waals surface area contributed by atoms with Gasteiger partial charge < -0.3 is 15.4 Å². The standard InChI is InChI=1S/C28H41N3O5S/c1-26(2,3)36-25(33)29-22-15-19-12-13-28(22,27(19,4)5)16-37(34,35)31-24(32)30-23-20-10-6-8-17(20)14-18-9-7-11-21(18)23/h14,19,22H,6-13,15-16H2,1-5H3,(H,29,33)(H2,30,31,32)/t19?,22?,28-/m1/s1. The molecule has 5 rings (SSSR count). The van der Waals surface area contributed by atoms with E-state index in [0.717, 1.165) is 61.8 Å². The number of alkyl carbamates (subject to hydrolysis) is 1. The van der Waals surface area contributed by atoms with Crippen LogP contribution in [0.25, 0.3) is 0 Å². The number of carbonyl (C=O) groups excluding carboxylic acids is 2. The fraction of sp³-hybridized carbons (Fsp3) is 0.714. The molecular weight excluding hydrogens is 490 g/mol. The van der Waals surface area contributed by atoms with E-state index in [0.29, 0.717) is 18.8 Å². The molecule has 9 heteroatoms. The van der Waals surface area contributed by atoms with E-state index < -0.39 is 33.2 Å². The Morgan fingerprint density at radius 3 is 2.24 bits per heavy atom. The van der Waals surface area contributed by atoms with Crippen LogP contribution in [0.15, 0.2) is 6.07 Å². The number of ether oxygens (including phenoxy) is 1. The van der Waals surface area contributed by atoms with E-state index >= 15 is 0 Å². The molecule has 2 saturated carbocycles. The van der Waals surface area contributed by atoms with Gasteiger partial charge in [0, 0.05) is 17.1 Å². The van der Waals surface area contributed by atoms with Gasteiger partial charge in [-0.2, -0.15) is 0 Å². The van der Waals surface area contributed by atoms with Gasteiger partial charge in [0.15, 0.2) is 0 Å². The summed E-state index contributed by atoms with van der Waals surface area (Å²) in [5.41, 5.74) is 4.05. The highest BCUT2D eigenvalue weighted by Gasteiger charge is 2.65. The normalized spacial score (nSPS) is 27.5. The minimum Gasteiger partial charge on any atom is -0.444 e. The fourth-order valence-electron chi connectivity index (χ4n) is 7.70. The maximum Gasteiger partial charge on any atom is 0.407 e. The number of hydrogen-bond donors (Lipinski definition) is 3. The Balaban J connectivity index is 1.33. The number of hydrogen-bond acceptors (Lipinski definition) is 5. The topological polar surface area (TPSA) is 114 Å². The van der Waals surface area contributed by atoms with Gasteiger partial charge in [0.25, 0.3) is 0 Å². The lowest BCUT2D eigenvalue weighted by Crippen LogP contribution is -2.54. The minimum atomic E-state index is -3.99. The zero-order valence-electron chi connectivity index (χ0n) is 22.8. The third-order valence-corrected chi connectivity index (χ3v) is 10.9. The smallest absolute Gasteiger partial charge is 0.407 e. The first kappa shape index (κ1) is 26.3. The maximum atomic E-state index is 13.5. The second kappa shape index (κ2) is 8.89. The predicted octanol–water partition coefficient (Wildman–Crippen LogP) is 4.83. The van der Waals surface area contributed by atoms with E-state index in [-0.39, 0.29) is 17.2 Å². The largest absolute Gasteiger partial charge is 0.444 e. The molecule has 2 bridgehead atoms. The van der Waals surface area contributed by atoms with E-state index in [9.17, 15) is 18.0 Å². The van der Waals surface area contributed by atoms with E-state index in [2.05, 4.69) is 35.3 Å². The van der Waals surface area contributed by atoms with Crippen LogP contribution in [0, 0.1) is 16.7 Å². The molecule has 37 heavy (non-hydrogen) atoms. The summed E-state index contributed by atoms with van der Waals surface area (Å²) < 4.78 is 34.7. The fourth-order valence-corrected chi connectivity index (χ4v) is 9.50. The molecule has 0 aliphatic heterocycles. The number of rotatable bonds is 5. The van der Waals surface area contributed by atoms with Gasteiger partial charge in [-0.25, -0.2) is 22.7 Å². The number of sulfonamides is 1. The summed E-state index contributed by atoms with van der Waals surface area (Å²) in [5, 5.41) is 5.92. The summed E-state index contributed by atoms with van der Waals surface area (Å²) >= 11 is 0. The lowest BCUT2D eigenvalue weighted by Gasteiger charge is -2.42. The first-order chi connectivity index (χ1) is 17.2. The molecule has 4 aliphatic carbocycles. The summed E-state index contributed by atoms with van der Waals surface area (Å²) in [6.07, 6.45) is 7.67. The summed E-state index contributed by atoms with van der Waals surface area (Å²) in [7, 11) is -3.99. The molecule has 0 saturated heterocycles. The van der Waals surface area contributed by atoms with Gasteiger partial charge in [-0.3, -0.25) is 0 Å². The number of aryl methyl sites for hydroxylation is 2. The van der Waals surface area contributed by atoms with Crippen molar-refractivity contribution in [2.24, 2.45) is 16.7 Å². The van der Waals surface area contributed by atoms with Crippen LogP contribution in [0.3, 0.4) is 0 Å². The van der Waals surface area contributed by atoms with E-state index in [1.54, 1.807) is 20.8 Å². The van der Waals surface area contributed by atoms with Crippen molar-refractivity contribution in [2.45, 2.75) is 104 Å².